The van der Waals surface area contributed by atoms with E-state index >= 15 is 0 Å². The molecule has 4 rings (SSSR count). The van der Waals surface area contributed by atoms with Crippen molar-refractivity contribution in [1.29, 1.82) is 0 Å². The van der Waals surface area contributed by atoms with Gasteiger partial charge in [0.05, 0.1) is 25.8 Å². The fraction of sp³-hybridized carbons (Fsp3) is 0.621. The molecule has 3 heterocycles. The molecule has 3 aliphatic rings. The lowest BCUT2D eigenvalue weighted by Crippen LogP contribution is -2.53. The van der Waals surface area contributed by atoms with E-state index in [-0.39, 0.29) is 41.9 Å². The molecule has 3 fully saturated rings. The molecule has 0 spiro atoms. The van der Waals surface area contributed by atoms with Crippen LogP contribution in [0.25, 0.3) is 0 Å². The molecule has 4 atom stereocenters. The quantitative estimate of drug-likeness (QED) is 0.465. The highest BCUT2D eigenvalue weighted by Gasteiger charge is 2.52. The minimum atomic E-state index is -0.800. The number of nitrogens with zero attached hydrogens (tertiary/aromatic N) is 3. The Morgan fingerprint density at radius 3 is 2.20 bits per heavy atom. The molecule has 11 heteroatoms. The molecule has 2 N–H and O–H groups in total. The maximum atomic E-state index is 13.8. The van der Waals surface area contributed by atoms with Crippen LogP contribution in [0.2, 0.25) is 0 Å². The number of carbonyl (C=O) groups is 5. The zero-order valence-corrected chi connectivity index (χ0v) is 23.9. The number of fused-ring (bicyclic) bond motifs is 1. The Hall–Kier alpha value is -3.47. The summed E-state index contributed by atoms with van der Waals surface area (Å²) in [4.78, 5) is 70.1. The van der Waals surface area contributed by atoms with E-state index in [4.69, 9.17) is 4.74 Å². The second kappa shape index (κ2) is 12.8. The number of ether oxygens (including phenoxy) is 1. The van der Waals surface area contributed by atoms with Gasteiger partial charge in [-0.1, -0.05) is 20.8 Å². The van der Waals surface area contributed by atoms with Crippen LogP contribution in [-0.4, -0.2) is 103 Å². The first-order valence-electron chi connectivity index (χ1n) is 14.2. The summed E-state index contributed by atoms with van der Waals surface area (Å²) in [6.45, 7) is 10.3. The lowest BCUT2D eigenvalue weighted by molar-refractivity contribution is -0.138. The number of morpholine rings is 1. The normalized spacial score (nSPS) is 22.2. The Morgan fingerprint density at radius 2 is 1.60 bits per heavy atom. The molecule has 3 saturated heterocycles. The third-order valence-electron chi connectivity index (χ3n) is 7.89. The zero-order valence-electron chi connectivity index (χ0n) is 23.9. The number of carbonyl (C=O) groups excluding carboxylic acids is 5. The van der Waals surface area contributed by atoms with Crippen LogP contribution in [0.4, 0.5) is 5.69 Å². The predicted molar refractivity (Wildman–Crippen MR) is 149 cm³/mol. The summed E-state index contributed by atoms with van der Waals surface area (Å²) in [5.41, 5.74) is 1.47. The van der Waals surface area contributed by atoms with Crippen LogP contribution in [0.3, 0.4) is 0 Å². The lowest BCUT2D eigenvalue weighted by atomic mass is 10.0. The largest absolute Gasteiger partial charge is 0.378 e. The molecule has 1 aromatic carbocycles. The average Bonchev–Trinajstić information content (AvgIpc) is 3.52. The topological polar surface area (TPSA) is 128 Å². The Morgan fingerprint density at radius 1 is 0.950 bits per heavy atom. The van der Waals surface area contributed by atoms with Gasteiger partial charge in [-0.3, -0.25) is 24.0 Å². The molecule has 3 aliphatic heterocycles. The molecule has 0 radical (unpaired) electrons. The van der Waals surface area contributed by atoms with E-state index in [1.54, 1.807) is 19.1 Å². The third kappa shape index (κ3) is 6.46. The summed E-state index contributed by atoms with van der Waals surface area (Å²) in [6.07, 6.45) is 1.29. The fourth-order valence-electron chi connectivity index (χ4n) is 5.92. The van der Waals surface area contributed by atoms with Gasteiger partial charge in [-0.25, -0.2) is 0 Å². The summed E-state index contributed by atoms with van der Waals surface area (Å²) in [5.74, 6) is -1.35. The first-order chi connectivity index (χ1) is 19.1. The van der Waals surface area contributed by atoms with Crippen LogP contribution in [-0.2, 0) is 23.9 Å². The molecule has 4 amide bonds. The van der Waals surface area contributed by atoms with Crippen LogP contribution in [0.5, 0.6) is 0 Å². The van der Waals surface area contributed by atoms with Gasteiger partial charge in [0.15, 0.2) is 5.78 Å². The van der Waals surface area contributed by atoms with Gasteiger partial charge in [0.2, 0.25) is 17.7 Å². The van der Waals surface area contributed by atoms with Crippen molar-refractivity contribution in [3.05, 3.63) is 29.8 Å². The van der Waals surface area contributed by atoms with E-state index in [1.807, 2.05) is 26.0 Å². The second-order valence-corrected chi connectivity index (χ2v) is 11.2. The van der Waals surface area contributed by atoms with Crippen molar-refractivity contribution in [1.82, 2.24) is 20.4 Å². The molecule has 0 aliphatic carbocycles. The minimum Gasteiger partial charge on any atom is -0.378 e. The van der Waals surface area contributed by atoms with Crippen LogP contribution in [0.15, 0.2) is 24.3 Å². The summed E-state index contributed by atoms with van der Waals surface area (Å²) in [6, 6.07) is 4.62. The van der Waals surface area contributed by atoms with Crippen molar-refractivity contribution in [3.63, 3.8) is 0 Å². The van der Waals surface area contributed by atoms with Gasteiger partial charge in [-0.05, 0) is 49.4 Å². The van der Waals surface area contributed by atoms with Gasteiger partial charge in [-0.15, -0.1) is 0 Å². The van der Waals surface area contributed by atoms with Crippen molar-refractivity contribution in [2.75, 3.05) is 44.3 Å². The molecule has 4 unspecified atom stereocenters. The standard InChI is InChI=1S/C29H41N5O6/c1-5-22(30-19(4)35)28(38)34-17-25(36)26-24(34)10-11-33(26)29(39)23(16-18(2)3)31-27(37)20-6-8-21(9-7-20)32-12-14-40-15-13-32/h6-9,18,22-24,26H,5,10-17H2,1-4H3,(H,30,35)(H,31,37). The summed E-state index contributed by atoms with van der Waals surface area (Å²) >= 11 is 0. The molecule has 0 aromatic heterocycles. The van der Waals surface area contributed by atoms with Crippen LogP contribution in [0.1, 0.15) is 57.3 Å². The third-order valence-corrected chi connectivity index (χ3v) is 7.89. The molecular weight excluding hydrogens is 514 g/mol. The average molecular weight is 556 g/mol. The maximum Gasteiger partial charge on any atom is 0.251 e. The van der Waals surface area contributed by atoms with Crippen molar-refractivity contribution < 1.29 is 28.7 Å². The number of anilines is 1. The van der Waals surface area contributed by atoms with Gasteiger partial charge in [0.1, 0.15) is 18.1 Å². The highest BCUT2D eigenvalue weighted by atomic mass is 16.5. The van der Waals surface area contributed by atoms with Gasteiger partial charge in [0, 0.05) is 37.8 Å². The number of likely N-dealkylation sites (tertiary alicyclic amines) is 2. The molecule has 40 heavy (non-hydrogen) atoms. The summed E-state index contributed by atoms with van der Waals surface area (Å²) < 4.78 is 5.41. The van der Waals surface area contributed by atoms with Gasteiger partial charge >= 0.3 is 0 Å². The van der Waals surface area contributed by atoms with E-state index in [0.717, 1.165) is 18.8 Å². The Labute approximate surface area is 235 Å². The number of hydrogen-bond donors (Lipinski definition) is 2. The van der Waals surface area contributed by atoms with Crippen LogP contribution < -0.4 is 15.5 Å². The smallest absolute Gasteiger partial charge is 0.251 e. The van der Waals surface area contributed by atoms with E-state index < -0.39 is 24.2 Å². The van der Waals surface area contributed by atoms with Crippen molar-refractivity contribution in [2.24, 2.45) is 5.92 Å². The molecular formula is C29H41N5O6. The minimum absolute atomic E-state index is 0.0925. The second-order valence-electron chi connectivity index (χ2n) is 11.2. The molecule has 218 valence electrons. The van der Waals surface area contributed by atoms with Gasteiger partial charge < -0.3 is 30.1 Å². The first kappa shape index (κ1) is 29.5. The zero-order chi connectivity index (χ0) is 29.0. The number of amides is 4. The molecule has 11 nitrogen and oxygen atoms in total. The van der Waals surface area contributed by atoms with Crippen molar-refractivity contribution in [2.45, 2.75) is 71.1 Å². The van der Waals surface area contributed by atoms with E-state index in [1.165, 1.54) is 16.7 Å². The van der Waals surface area contributed by atoms with Crippen molar-refractivity contribution >= 4 is 35.1 Å². The van der Waals surface area contributed by atoms with Crippen molar-refractivity contribution in [3.8, 4) is 0 Å². The van der Waals surface area contributed by atoms with Crippen LogP contribution in [0, 0.1) is 5.92 Å². The maximum absolute atomic E-state index is 13.8. The number of ketones is 1. The fourth-order valence-corrected chi connectivity index (χ4v) is 5.92. The van der Waals surface area contributed by atoms with E-state index in [0.29, 0.717) is 44.6 Å². The number of Topliss-reactive ketones (excluding diaryl/α,β-unsaturated/α-hetero) is 1. The lowest BCUT2D eigenvalue weighted by Gasteiger charge is -2.30. The SMILES string of the molecule is CCC(NC(C)=O)C(=O)N1CC(=O)C2C1CCN2C(=O)C(CC(C)C)NC(=O)c1ccc(N2CCOCC2)cc1. The highest BCUT2D eigenvalue weighted by Crippen LogP contribution is 2.31. The van der Waals surface area contributed by atoms with E-state index in [2.05, 4.69) is 15.5 Å². The monoisotopic (exact) mass is 555 g/mol. The van der Waals surface area contributed by atoms with Crippen LogP contribution >= 0.6 is 0 Å². The number of nitrogens with one attached hydrogen (secondary N) is 2. The summed E-state index contributed by atoms with van der Waals surface area (Å²) in [5, 5.41) is 5.57. The predicted octanol–water partition coefficient (Wildman–Crippen LogP) is 0.963. The van der Waals surface area contributed by atoms with Gasteiger partial charge in [0.25, 0.3) is 5.91 Å². The number of rotatable bonds is 9. The van der Waals surface area contributed by atoms with E-state index in [9.17, 15) is 24.0 Å². The Balaban J connectivity index is 1.45. The Bertz CT molecular complexity index is 1120. The molecule has 1 aromatic rings. The highest BCUT2D eigenvalue weighted by molar-refractivity contribution is 6.01. The number of benzene rings is 1. The first-order valence-corrected chi connectivity index (χ1v) is 14.2. The molecule has 0 bridgehead atoms. The summed E-state index contributed by atoms with van der Waals surface area (Å²) in [7, 11) is 0. The van der Waals surface area contributed by atoms with Gasteiger partial charge in [-0.2, -0.15) is 0 Å². The molecule has 0 saturated carbocycles. The number of hydrogen-bond acceptors (Lipinski definition) is 7. The Kier molecular flexibility index (Phi) is 9.44.